The maximum Gasteiger partial charge on any atom is 0.410 e. The summed E-state index contributed by atoms with van der Waals surface area (Å²) in [4.78, 5) is 30.3. The lowest BCUT2D eigenvalue weighted by Gasteiger charge is -2.24. The molecule has 0 saturated carbocycles. The number of hydrogen-bond donors (Lipinski definition) is 0. The number of aliphatic imine (C=N–C) groups is 1. The molecule has 0 atom stereocenters. The largest absolute Gasteiger partial charge is 0.444 e. The summed E-state index contributed by atoms with van der Waals surface area (Å²) in [5.41, 5.74) is -0.533. The third-order valence-electron chi connectivity index (χ3n) is 2.30. The Labute approximate surface area is 115 Å². The Bertz CT molecular complexity index is 357. The van der Waals surface area contributed by atoms with Gasteiger partial charge in [-0.15, -0.1) is 0 Å². The van der Waals surface area contributed by atoms with Crippen LogP contribution in [0.2, 0.25) is 0 Å². The van der Waals surface area contributed by atoms with Gasteiger partial charge in [-0.1, -0.05) is 0 Å². The summed E-state index contributed by atoms with van der Waals surface area (Å²) in [6.07, 6.45) is -0.255. The highest BCUT2D eigenvalue weighted by Gasteiger charge is 2.19. The van der Waals surface area contributed by atoms with Gasteiger partial charge < -0.3 is 14.5 Å². The summed E-state index contributed by atoms with van der Waals surface area (Å²) >= 11 is 0. The Morgan fingerprint density at radius 1 is 1.16 bits per heavy atom. The van der Waals surface area contributed by atoms with E-state index in [1.54, 1.807) is 39.6 Å². The molecule has 0 aromatic carbocycles. The number of carbonyl (C=O) groups excluding carboxylic acids is 2. The van der Waals surface area contributed by atoms with Gasteiger partial charge in [0.05, 0.1) is 0 Å². The molecule has 0 radical (unpaired) electrons. The molecule has 0 aromatic heterocycles. The van der Waals surface area contributed by atoms with Gasteiger partial charge in [0.15, 0.2) is 0 Å². The molecule has 19 heavy (non-hydrogen) atoms. The number of nitrogens with zero attached hydrogens (tertiary/aromatic N) is 3. The van der Waals surface area contributed by atoms with Gasteiger partial charge in [0.2, 0.25) is 5.91 Å². The van der Waals surface area contributed by atoms with E-state index >= 15 is 0 Å². The highest BCUT2D eigenvalue weighted by molar-refractivity contribution is 5.93. The summed E-state index contributed by atoms with van der Waals surface area (Å²) in [5.74, 6) is 0.395. The molecule has 0 saturated heterocycles. The van der Waals surface area contributed by atoms with Crippen LogP contribution in [0.3, 0.4) is 0 Å². The van der Waals surface area contributed by atoms with Crippen molar-refractivity contribution in [3.63, 3.8) is 0 Å². The second-order valence-corrected chi connectivity index (χ2v) is 5.60. The molecule has 0 N–H and O–H groups in total. The maximum absolute atomic E-state index is 11.6. The van der Waals surface area contributed by atoms with Gasteiger partial charge in [-0.05, 0) is 27.7 Å². The minimum atomic E-state index is -0.533. The molecule has 0 fully saturated rings. The van der Waals surface area contributed by atoms with Gasteiger partial charge in [-0.25, -0.2) is 9.79 Å². The Hall–Kier alpha value is -1.59. The van der Waals surface area contributed by atoms with Crippen molar-refractivity contribution >= 4 is 17.8 Å². The van der Waals surface area contributed by atoms with E-state index in [2.05, 4.69) is 4.99 Å². The number of ether oxygens (including phenoxy) is 1. The third-order valence-corrected chi connectivity index (χ3v) is 2.30. The van der Waals surface area contributed by atoms with Crippen molar-refractivity contribution in [3.8, 4) is 0 Å². The smallest absolute Gasteiger partial charge is 0.410 e. The minimum absolute atomic E-state index is 0.181. The maximum atomic E-state index is 11.6. The van der Waals surface area contributed by atoms with Crippen LogP contribution in [0, 0.1) is 0 Å². The van der Waals surface area contributed by atoms with Crippen molar-refractivity contribution in [2.75, 3.05) is 27.7 Å². The molecule has 6 heteroatoms. The van der Waals surface area contributed by atoms with Crippen LogP contribution in [-0.2, 0) is 9.53 Å². The highest BCUT2D eigenvalue weighted by Crippen LogP contribution is 2.09. The van der Waals surface area contributed by atoms with E-state index in [0.717, 1.165) is 0 Å². The number of amidine groups is 1. The van der Waals surface area contributed by atoms with E-state index < -0.39 is 11.7 Å². The number of hydrogen-bond acceptors (Lipinski definition) is 3. The molecule has 0 spiro atoms. The average molecular weight is 271 g/mol. The standard InChI is InChI=1S/C13H25N3O3/c1-10(15(5)6)14-11(17)8-9-16(7)12(18)19-13(2,3)4/h8-9H2,1-7H3/b14-10+. The van der Waals surface area contributed by atoms with Gasteiger partial charge in [0.25, 0.3) is 0 Å². The topological polar surface area (TPSA) is 62.2 Å². The Morgan fingerprint density at radius 3 is 2.11 bits per heavy atom. The molecular weight excluding hydrogens is 246 g/mol. The van der Waals surface area contributed by atoms with E-state index in [0.29, 0.717) is 5.84 Å². The monoisotopic (exact) mass is 271 g/mol. The van der Waals surface area contributed by atoms with Crippen molar-refractivity contribution in [3.05, 3.63) is 0 Å². The van der Waals surface area contributed by atoms with Crippen molar-refractivity contribution in [1.82, 2.24) is 9.80 Å². The van der Waals surface area contributed by atoms with E-state index in [1.807, 2.05) is 14.1 Å². The molecule has 0 aliphatic rings. The van der Waals surface area contributed by atoms with Crippen molar-refractivity contribution in [1.29, 1.82) is 0 Å². The van der Waals surface area contributed by atoms with Crippen LogP contribution in [0.4, 0.5) is 4.79 Å². The molecule has 0 heterocycles. The second kappa shape index (κ2) is 7.11. The molecule has 0 aromatic rings. The van der Waals surface area contributed by atoms with Crippen LogP contribution >= 0.6 is 0 Å². The second-order valence-electron chi connectivity index (χ2n) is 5.60. The van der Waals surface area contributed by atoms with Crippen LogP contribution in [0.25, 0.3) is 0 Å². The number of rotatable bonds is 3. The van der Waals surface area contributed by atoms with Crippen molar-refractivity contribution < 1.29 is 14.3 Å². The fourth-order valence-corrected chi connectivity index (χ4v) is 1.03. The van der Waals surface area contributed by atoms with E-state index in [9.17, 15) is 9.59 Å². The van der Waals surface area contributed by atoms with Gasteiger partial charge in [-0.3, -0.25) is 4.79 Å². The van der Waals surface area contributed by atoms with Crippen LogP contribution < -0.4 is 0 Å². The first-order valence-corrected chi connectivity index (χ1v) is 6.22. The Kier molecular flexibility index (Phi) is 6.52. The van der Waals surface area contributed by atoms with Crippen molar-refractivity contribution in [2.45, 2.75) is 39.7 Å². The normalized spacial score (nSPS) is 12.1. The zero-order chi connectivity index (χ0) is 15.2. The summed E-state index contributed by atoms with van der Waals surface area (Å²) in [6, 6.07) is 0. The van der Waals surface area contributed by atoms with E-state index in [4.69, 9.17) is 4.74 Å². The first kappa shape index (κ1) is 17.4. The lowest BCUT2D eigenvalue weighted by molar-refractivity contribution is -0.118. The van der Waals surface area contributed by atoms with Crippen LogP contribution in [0.15, 0.2) is 4.99 Å². The minimum Gasteiger partial charge on any atom is -0.444 e. The third kappa shape index (κ3) is 8.18. The predicted molar refractivity (Wildman–Crippen MR) is 75.3 cm³/mol. The molecular formula is C13H25N3O3. The Morgan fingerprint density at radius 2 is 1.68 bits per heavy atom. The zero-order valence-electron chi connectivity index (χ0n) is 13.0. The fourth-order valence-electron chi connectivity index (χ4n) is 1.03. The summed E-state index contributed by atoms with van der Waals surface area (Å²) in [6.45, 7) is 7.45. The van der Waals surface area contributed by atoms with Crippen molar-refractivity contribution in [2.24, 2.45) is 4.99 Å². The number of carbonyl (C=O) groups is 2. The first-order valence-electron chi connectivity index (χ1n) is 6.22. The van der Waals surface area contributed by atoms with Crippen LogP contribution in [0.1, 0.15) is 34.1 Å². The average Bonchev–Trinajstić information content (AvgIpc) is 2.23. The molecule has 0 bridgehead atoms. The fraction of sp³-hybridized carbons (Fsp3) is 0.769. The lowest BCUT2D eigenvalue weighted by Crippen LogP contribution is -2.35. The molecule has 0 aliphatic carbocycles. The quantitative estimate of drug-likeness (QED) is 0.579. The van der Waals surface area contributed by atoms with Crippen LogP contribution in [0.5, 0.6) is 0 Å². The predicted octanol–water partition coefficient (Wildman–Crippen LogP) is 1.75. The highest BCUT2D eigenvalue weighted by atomic mass is 16.6. The molecule has 110 valence electrons. The lowest BCUT2D eigenvalue weighted by atomic mass is 10.2. The summed E-state index contributed by atoms with van der Waals surface area (Å²) in [7, 11) is 5.24. The van der Waals surface area contributed by atoms with E-state index in [-0.39, 0.29) is 18.9 Å². The SMILES string of the molecule is C/C(=N\C(=O)CCN(C)C(=O)OC(C)(C)C)N(C)C. The molecule has 0 aliphatic heterocycles. The molecule has 0 unspecified atom stereocenters. The van der Waals surface area contributed by atoms with Gasteiger partial charge in [0.1, 0.15) is 11.4 Å². The first-order chi connectivity index (χ1) is 8.53. The summed E-state index contributed by atoms with van der Waals surface area (Å²) in [5, 5.41) is 0. The van der Waals surface area contributed by atoms with Gasteiger partial charge >= 0.3 is 6.09 Å². The van der Waals surface area contributed by atoms with Gasteiger partial charge in [0, 0.05) is 34.1 Å². The number of amides is 2. The zero-order valence-corrected chi connectivity index (χ0v) is 13.0. The molecule has 2 amide bonds. The molecule has 6 nitrogen and oxygen atoms in total. The van der Waals surface area contributed by atoms with Gasteiger partial charge in [-0.2, -0.15) is 0 Å². The molecule has 0 rings (SSSR count). The Balaban J connectivity index is 4.24. The summed E-state index contributed by atoms with van der Waals surface area (Å²) < 4.78 is 5.18. The van der Waals surface area contributed by atoms with Crippen LogP contribution in [-0.4, -0.2) is 60.9 Å². The van der Waals surface area contributed by atoms with E-state index in [1.165, 1.54) is 4.90 Å².